The fraction of sp³-hybridized carbons (Fsp3) is 0.133. The smallest absolute Gasteiger partial charge is 0.255 e. The Balaban J connectivity index is 2.28. The number of hydrogen-bond donors (Lipinski definition) is 3. The molecule has 0 heterocycles. The maximum atomic E-state index is 12.1. The van der Waals surface area contributed by atoms with Crippen molar-refractivity contribution in [2.75, 3.05) is 11.1 Å². The van der Waals surface area contributed by atoms with Gasteiger partial charge in [-0.3, -0.25) is 4.79 Å². The van der Waals surface area contributed by atoms with Crippen molar-refractivity contribution in [3.8, 4) is 5.75 Å². The number of hydrogen-bond acceptors (Lipinski definition) is 3. The van der Waals surface area contributed by atoms with Crippen LogP contribution >= 0.6 is 0 Å². The monoisotopic (exact) mass is 256 g/mol. The van der Waals surface area contributed by atoms with Crippen LogP contribution in [-0.2, 0) is 0 Å². The summed E-state index contributed by atoms with van der Waals surface area (Å²) in [5.74, 6) is -0.271. The van der Waals surface area contributed by atoms with Crippen molar-refractivity contribution >= 4 is 17.3 Å². The number of nitrogen functional groups attached to an aromatic ring is 1. The van der Waals surface area contributed by atoms with Crippen LogP contribution in [0, 0.1) is 13.8 Å². The van der Waals surface area contributed by atoms with Crippen LogP contribution in [0.25, 0.3) is 0 Å². The molecule has 2 aromatic rings. The first kappa shape index (κ1) is 13.0. The number of rotatable bonds is 2. The number of carbonyl (C=O) groups excluding carboxylic acids is 1. The van der Waals surface area contributed by atoms with E-state index in [0.29, 0.717) is 5.56 Å². The lowest BCUT2D eigenvalue weighted by atomic mass is 10.1. The fourth-order valence-electron chi connectivity index (χ4n) is 1.89. The second-order valence-electron chi connectivity index (χ2n) is 4.49. The lowest BCUT2D eigenvalue weighted by Crippen LogP contribution is -2.14. The van der Waals surface area contributed by atoms with E-state index in [9.17, 15) is 9.90 Å². The normalized spacial score (nSPS) is 10.2. The minimum Gasteiger partial charge on any atom is -0.506 e. The average molecular weight is 256 g/mol. The van der Waals surface area contributed by atoms with E-state index in [4.69, 9.17) is 5.73 Å². The Morgan fingerprint density at radius 2 is 1.79 bits per heavy atom. The summed E-state index contributed by atoms with van der Waals surface area (Å²) >= 11 is 0. The number of anilines is 2. The van der Waals surface area contributed by atoms with Crippen LogP contribution < -0.4 is 11.1 Å². The van der Waals surface area contributed by atoms with E-state index in [0.717, 1.165) is 16.8 Å². The van der Waals surface area contributed by atoms with Crippen molar-refractivity contribution in [3.05, 3.63) is 53.1 Å². The molecule has 0 atom stereocenters. The number of aryl methyl sites for hydroxylation is 2. The summed E-state index contributed by atoms with van der Waals surface area (Å²) in [6, 6.07) is 10.2. The highest BCUT2D eigenvalue weighted by Crippen LogP contribution is 2.23. The molecule has 0 aliphatic rings. The summed E-state index contributed by atoms with van der Waals surface area (Å²) < 4.78 is 0. The van der Waals surface area contributed by atoms with E-state index in [1.807, 2.05) is 32.0 Å². The lowest BCUT2D eigenvalue weighted by Gasteiger charge is -2.11. The zero-order valence-corrected chi connectivity index (χ0v) is 10.9. The predicted molar refractivity (Wildman–Crippen MR) is 76.4 cm³/mol. The van der Waals surface area contributed by atoms with Gasteiger partial charge in [-0.15, -0.1) is 0 Å². The van der Waals surface area contributed by atoms with Crippen LogP contribution in [0.2, 0.25) is 0 Å². The molecular formula is C15H16N2O2. The number of nitrogens with one attached hydrogen (secondary N) is 1. The topological polar surface area (TPSA) is 75.3 Å². The Labute approximate surface area is 111 Å². The zero-order valence-electron chi connectivity index (χ0n) is 10.9. The maximum Gasteiger partial charge on any atom is 0.255 e. The van der Waals surface area contributed by atoms with E-state index < -0.39 is 0 Å². The number of carbonyl (C=O) groups is 1. The summed E-state index contributed by atoms with van der Waals surface area (Å²) in [5.41, 5.74) is 8.99. The quantitative estimate of drug-likeness (QED) is 0.571. The first-order valence-corrected chi connectivity index (χ1v) is 5.95. The largest absolute Gasteiger partial charge is 0.506 e. The summed E-state index contributed by atoms with van der Waals surface area (Å²) in [6.07, 6.45) is 0. The van der Waals surface area contributed by atoms with Gasteiger partial charge in [0.15, 0.2) is 0 Å². The van der Waals surface area contributed by atoms with E-state index in [-0.39, 0.29) is 17.3 Å². The molecule has 0 saturated heterocycles. The minimum absolute atomic E-state index is 0.0244. The third-order valence-corrected chi connectivity index (χ3v) is 3.01. The van der Waals surface area contributed by atoms with Gasteiger partial charge in [-0.05, 0) is 43.2 Å². The van der Waals surface area contributed by atoms with Crippen molar-refractivity contribution < 1.29 is 9.90 Å². The Kier molecular flexibility index (Phi) is 3.42. The molecule has 0 aliphatic heterocycles. The van der Waals surface area contributed by atoms with Gasteiger partial charge in [-0.1, -0.05) is 18.2 Å². The second kappa shape index (κ2) is 5.02. The first-order valence-electron chi connectivity index (χ1n) is 5.95. The van der Waals surface area contributed by atoms with E-state index in [1.165, 1.54) is 18.2 Å². The molecule has 1 amide bonds. The number of nitrogens with two attached hydrogens (primary N) is 1. The van der Waals surface area contributed by atoms with Crippen LogP contribution in [0.15, 0.2) is 36.4 Å². The number of benzene rings is 2. The van der Waals surface area contributed by atoms with Gasteiger partial charge in [0, 0.05) is 11.3 Å². The maximum absolute atomic E-state index is 12.1. The van der Waals surface area contributed by atoms with Crippen molar-refractivity contribution in [2.45, 2.75) is 13.8 Å². The van der Waals surface area contributed by atoms with Crippen molar-refractivity contribution in [1.29, 1.82) is 0 Å². The molecule has 0 spiro atoms. The molecule has 0 bridgehead atoms. The highest BCUT2D eigenvalue weighted by molar-refractivity contribution is 6.05. The van der Waals surface area contributed by atoms with Gasteiger partial charge in [0.05, 0.1) is 5.69 Å². The Hall–Kier alpha value is -2.49. The van der Waals surface area contributed by atoms with Crippen LogP contribution in [-0.4, -0.2) is 11.0 Å². The molecular weight excluding hydrogens is 240 g/mol. The molecule has 2 aromatic carbocycles. The van der Waals surface area contributed by atoms with Crippen LogP contribution in [0.5, 0.6) is 5.75 Å². The molecule has 4 heteroatoms. The van der Waals surface area contributed by atoms with E-state index >= 15 is 0 Å². The number of phenolic OH excluding ortho intramolecular Hbond substituents is 1. The van der Waals surface area contributed by atoms with Gasteiger partial charge >= 0.3 is 0 Å². The summed E-state index contributed by atoms with van der Waals surface area (Å²) in [7, 11) is 0. The minimum atomic E-state index is -0.246. The fourth-order valence-corrected chi connectivity index (χ4v) is 1.89. The third kappa shape index (κ3) is 2.68. The number of aromatic hydroxyl groups is 1. The second-order valence-corrected chi connectivity index (χ2v) is 4.49. The molecule has 0 saturated carbocycles. The summed E-state index contributed by atoms with van der Waals surface area (Å²) in [5, 5.41) is 12.2. The standard InChI is InChI=1S/C15H16N2O2/c1-9-4-3-5-10(2)14(9)17-15(19)11-6-7-13(18)12(16)8-11/h3-8,18H,16H2,1-2H3,(H,17,19). The molecule has 98 valence electrons. The van der Waals surface area contributed by atoms with Gasteiger partial charge in [0.2, 0.25) is 0 Å². The number of amides is 1. The molecule has 0 aromatic heterocycles. The van der Waals surface area contributed by atoms with Gasteiger partial charge in [0.25, 0.3) is 5.91 Å². The Morgan fingerprint density at radius 1 is 1.16 bits per heavy atom. The molecule has 19 heavy (non-hydrogen) atoms. The average Bonchev–Trinajstić information content (AvgIpc) is 2.37. The van der Waals surface area contributed by atoms with Crippen molar-refractivity contribution in [2.24, 2.45) is 0 Å². The highest BCUT2D eigenvalue weighted by atomic mass is 16.3. The molecule has 0 unspecified atom stereocenters. The zero-order chi connectivity index (χ0) is 14.0. The summed E-state index contributed by atoms with van der Waals surface area (Å²) in [4.78, 5) is 12.1. The van der Waals surface area contributed by atoms with Crippen molar-refractivity contribution in [3.63, 3.8) is 0 Å². The molecule has 2 rings (SSSR count). The van der Waals surface area contributed by atoms with Gasteiger partial charge in [-0.2, -0.15) is 0 Å². The lowest BCUT2D eigenvalue weighted by molar-refractivity contribution is 0.102. The van der Waals surface area contributed by atoms with Crippen LogP contribution in [0.1, 0.15) is 21.5 Å². The molecule has 0 aliphatic carbocycles. The van der Waals surface area contributed by atoms with Gasteiger partial charge in [-0.25, -0.2) is 0 Å². The molecule has 4 nitrogen and oxygen atoms in total. The van der Waals surface area contributed by atoms with Gasteiger partial charge < -0.3 is 16.2 Å². The number of phenols is 1. The summed E-state index contributed by atoms with van der Waals surface area (Å²) in [6.45, 7) is 3.88. The van der Waals surface area contributed by atoms with Crippen LogP contribution in [0.3, 0.4) is 0 Å². The Bertz CT molecular complexity index is 616. The van der Waals surface area contributed by atoms with E-state index in [1.54, 1.807) is 0 Å². The van der Waals surface area contributed by atoms with E-state index in [2.05, 4.69) is 5.32 Å². The van der Waals surface area contributed by atoms with Crippen molar-refractivity contribution in [1.82, 2.24) is 0 Å². The highest BCUT2D eigenvalue weighted by Gasteiger charge is 2.10. The van der Waals surface area contributed by atoms with Crippen LogP contribution in [0.4, 0.5) is 11.4 Å². The Morgan fingerprint density at radius 3 is 2.37 bits per heavy atom. The predicted octanol–water partition coefficient (Wildman–Crippen LogP) is 2.84. The number of para-hydroxylation sites is 1. The molecule has 4 N–H and O–H groups in total. The third-order valence-electron chi connectivity index (χ3n) is 3.01. The molecule has 0 radical (unpaired) electrons. The SMILES string of the molecule is Cc1cccc(C)c1NC(=O)c1ccc(O)c(N)c1. The van der Waals surface area contributed by atoms with Gasteiger partial charge in [0.1, 0.15) is 5.75 Å². The molecule has 0 fully saturated rings. The first-order chi connectivity index (χ1) is 8.99.